The standard InChI is InChI=1S/C14H23N3O3S/c1-9(2)10(3)7-16-14(18)13-6-12(21(15,19)20)8-17(13)11-4-5-11/h6,8-11H,4-5,7H2,1-3H3,(H,16,18)(H2,15,19,20). The maximum Gasteiger partial charge on any atom is 0.267 e. The number of primary sulfonamides is 1. The molecule has 6 nitrogen and oxygen atoms in total. The molecule has 0 radical (unpaired) electrons. The summed E-state index contributed by atoms with van der Waals surface area (Å²) in [5, 5.41) is 8.02. The summed E-state index contributed by atoms with van der Waals surface area (Å²) in [7, 11) is -3.79. The van der Waals surface area contributed by atoms with Crippen molar-refractivity contribution in [2.75, 3.05) is 6.54 Å². The van der Waals surface area contributed by atoms with Gasteiger partial charge in [-0.3, -0.25) is 4.79 Å². The van der Waals surface area contributed by atoms with E-state index >= 15 is 0 Å². The molecule has 3 N–H and O–H groups in total. The minimum atomic E-state index is -3.79. The molecule has 1 heterocycles. The van der Waals surface area contributed by atoms with Gasteiger partial charge in [0.1, 0.15) is 10.6 Å². The Hall–Kier alpha value is -1.34. The highest BCUT2D eigenvalue weighted by molar-refractivity contribution is 7.89. The minimum absolute atomic E-state index is 0.00328. The lowest BCUT2D eigenvalue weighted by atomic mass is 9.98. The van der Waals surface area contributed by atoms with Crippen molar-refractivity contribution in [2.24, 2.45) is 17.0 Å². The molecule has 21 heavy (non-hydrogen) atoms. The number of hydrogen-bond donors (Lipinski definition) is 2. The lowest BCUT2D eigenvalue weighted by Gasteiger charge is -2.16. The fourth-order valence-electron chi connectivity index (χ4n) is 2.03. The average molecular weight is 313 g/mol. The van der Waals surface area contributed by atoms with Crippen LogP contribution >= 0.6 is 0 Å². The van der Waals surface area contributed by atoms with Gasteiger partial charge in [-0.25, -0.2) is 13.6 Å². The van der Waals surface area contributed by atoms with Gasteiger partial charge in [0.2, 0.25) is 10.0 Å². The largest absolute Gasteiger partial charge is 0.350 e. The molecule has 0 aliphatic heterocycles. The molecule has 1 saturated carbocycles. The van der Waals surface area contributed by atoms with Gasteiger partial charge in [-0.15, -0.1) is 0 Å². The Bertz CT molecular complexity index is 630. The van der Waals surface area contributed by atoms with E-state index in [9.17, 15) is 13.2 Å². The first-order valence-electron chi connectivity index (χ1n) is 7.23. The highest BCUT2D eigenvalue weighted by atomic mass is 32.2. The van der Waals surface area contributed by atoms with Gasteiger partial charge >= 0.3 is 0 Å². The van der Waals surface area contributed by atoms with Gasteiger partial charge in [0.05, 0.1) is 0 Å². The van der Waals surface area contributed by atoms with Crippen LogP contribution in [0.2, 0.25) is 0 Å². The topological polar surface area (TPSA) is 94.2 Å². The van der Waals surface area contributed by atoms with Gasteiger partial charge in [0.25, 0.3) is 5.91 Å². The van der Waals surface area contributed by atoms with Crippen LogP contribution in [0.3, 0.4) is 0 Å². The van der Waals surface area contributed by atoms with E-state index in [-0.39, 0.29) is 16.8 Å². The molecule has 1 aliphatic rings. The van der Waals surface area contributed by atoms with Crippen LogP contribution in [-0.2, 0) is 10.0 Å². The van der Waals surface area contributed by atoms with E-state index in [1.807, 2.05) is 0 Å². The number of amides is 1. The monoisotopic (exact) mass is 313 g/mol. The number of hydrogen-bond acceptors (Lipinski definition) is 3. The molecule has 0 spiro atoms. The summed E-state index contributed by atoms with van der Waals surface area (Å²) < 4.78 is 24.6. The number of rotatable bonds is 6. The zero-order chi connectivity index (χ0) is 15.8. The predicted molar refractivity (Wildman–Crippen MR) is 80.4 cm³/mol. The van der Waals surface area contributed by atoms with E-state index in [1.54, 1.807) is 4.57 Å². The third kappa shape index (κ3) is 3.85. The van der Waals surface area contributed by atoms with Crippen LogP contribution in [0, 0.1) is 11.8 Å². The highest BCUT2D eigenvalue weighted by Crippen LogP contribution is 2.37. The van der Waals surface area contributed by atoms with E-state index in [4.69, 9.17) is 5.14 Å². The Labute approximate surface area is 125 Å². The van der Waals surface area contributed by atoms with Gasteiger partial charge in [-0.1, -0.05) is 20.8 Å². The van der Waals surface area contributed by atoms with Gasteiger partial charge in [-0.2, -0.15) is 0 Å². The van der Waals surface area contributed by atoms with Gasteiger partial charge < -0.3 is 9.88 Å². The molecule has 0 aromatic carbocycles. The highest BCUT2D eigenvalue weighted by Gasteiger charge is 2.29. The molecular formula is C14H23N3O3S. The zero-order valence-electron chi connectivity index (χ0n) is 12.7. The molecule has 1 aromatic rings. The summed E-state index contributed by atoms with van der Waals surface area (Å²) in [6.45, 7) is 6.84. The number of sulfonamides is 1. The van der Waals surface area contributed by atoms with Crippen molar-refractivity contribution in [1.29, 1.82) is 0 Å². The second-order valence-electron chi connectivity index (χ2n) is 6.18. The first-order chi connectivity index (χ1) is 9.70. The van der Waals surface area contributed by atoms with Crippen LogP contribution < -0.4 is 10.5 Å². The number of carbonyl (C=O) groups is 1. The molecule has 1 amide bonds. The third-order valence-corrected chi connectivity index (χ3v) is 4.93. The fourth-order valence-corrected chi connectivity index (χ4v) is 2.56. The van der Waals surface area contributed by atoms with Crippen molar-refractivity contribution in [3.63, 3.8) is 0 Å². The van der Waals surface area contributed by atoms with Crippen LogP contribution in [0.1, 0.15) is 50.1 Å². The maximum atomic E-state index is 12.3. The van der Waals surface area contributed by atoms with E-state index in [0.717, 1.165) is 12.8 Å². The Kier molecular flexibility index (Phi) is 4.43. The lowest BCUT2D eigenvalue weighted by molar-refractivity contribution is 0.0935. The lowest BCUT2D eigenvalue weighted by Crippen LogP contribution is -2.31. The van der Waals surface area contributed by atoms with E-state index < -0.39 is 10.0 Å². The molecule has 118 valence electrons. The predicted octanol–water partition coefficient (Wildman–Crippen LogP) is 1.49. The number of aromatic nitrogens is 1. The SMILES string of the molecule is CC(C)C(C)CNC(=O)c1cc(S(N)(=O)=O)cn1C1CC1. The summed E-state index contributed by atoms with van der Waals surface area (Å²) in [5.41, 5.74) is 0.373. The van der Waals surface area contributed by atoms with Crippen molar-refractivity contribution in [3.05, 3.63) is 18.0 Å². The van der Waals surface area contributed by atoms with Crippen LogP contribution in [-0.4, -0.2) is 25.4 Å². The van der Waals surface area contributed by atoms with Gasteiger partial charge in [-0.05, 0) is 30.7 Å². The summed E-state index contributed by atoms with van der Waals surface area (Å²) in [6.07, 6.45) is 3.39. The summed E-state index contributed by atoms with van der Waals surface area (Å²) in [6, 6.07) is 1.58. The van der Waals surface area contributed by atoms with Crippen molar-refractivity contribution >= 4 is 15.9 Å². The number of carbonyl (C=O) groups excluding carboxylic acids is 1. The molecule has 7 heteroatoms. The fraction of sp³-hybridized carbons (Fsp3) is 0.643. The maximum absolute atomic E-state index is 12.3. The Morgan fingerprint density at radius 3 is 2.52 bits per heavy atom. The van der Waals surface area contributed by atoms with Crippen LogP contribution in [0.15, 0.2) is 17.2 Å². The Balaban J connectivity index is 2.18. The first-order valence-corrected chi connectivity index (χ1v) is 8.77. The molecule has 0 bridgehead atoms. The van der Waals surface area contributed by atoms with Crippen LogP contribution in [0.5, 0.6) is 0 Å². The molecule has 1 unspecified atom stereocenters. The van der Waals surface area contributed by atoms with E-state index in [0.29, 0.717) is 24.1 Å². The molecule has 1 aromatic heterocycles. The molecule has 2 rings (SSSR count). The average Bonchev–Trinajstić information content (AvgIpc) is 3.12. The normalized spacial score (nSPS) is 17.0. The van der Waals surface area contributed by atoms with E-state index in [2.05, 4.69) is 26.1 Å². The Morgan fingerprint density at radius 1 is 1.43 bits per heavy atom. The number of nitrogens with one attached hydrogen (secondary N) is 1. The summed E-state index contributed by atoms with van der Waals surface area (Å²) in [4.78, 5) is 12.3. The molecule has 0 saturated heterocycles. The van der Waals surface area contributed by atoms with Gasteiger partial charge in [0, 0.05) is 18.8 Å². The quantitative estimate of drug-likeness (QED) is 0.833. The number of nitrogens with zero attached hydrogens (tertiary/aromatic N) is 1. The van der Waals surface area contributed by atoms with Crippen LogP contribution in [0.4, 0.5) is 0 Å². The summed E-state index contributed by atoms with van der Waals surface area (Å²) >= 11 is 0. The smallest absolute Gasteiger partial charge is 0.267 e. The van der Waals surface area contributed by atoms with Crippen molar-refractivity contribution < 1.29 is 13.2 Å². The van der Waals surface area contributed by atoms with Crippen molar-refractivity contribution in [3.8, 4) is 0 Å². The second kappa shape index (κ2) is 5.81. The van der Waals surface area contributed by atoms with Crippen LogP contribution in [0.25, 0.3) is 0 Å². The second-order valence-corrected chi connectivity index (χ2v) is 7.74. The van der Waals surface area contributed by atoms with Crippen molar-refractivity contribution in [2.45, 2.75) is 44.6 Å². The van der Waals surface area contributed by atoms with E-state index in [1.165, 1.54) is 12.3 Å². The molecule has 1 fully saturated rings. The minimum Gasteiger partial charge on any atom is -0.350 e. The molecular weight excluding hydrogens is 290 g/mol. The Morgan fingerprint density at radius 2 is 2.05 bits per heavy atom. The number of nitrogens with two attached hydrogens (primary N) is 1. The van der Waals surface area contributed by atoms with Gasteiger partial charge in [0.15, 0.2) is 0 Å². The molecule has 1 aliphatic carbocycles. The summed E-state index contributed by atoms with van der Waals surface area (Å²) in [5.74, 6) is 0.584. The third-order valence-electron chi connectivity index (χ3n) is 4.05. The molecule has 1 atom stereocenters. The van der Waals surface area contributed by atoms with Crippen molar-refractivity contribution in [1.82, 2.24) is 9.88 Å². The zero-order valence-corrected chi connectivity index (χ0v) is 13.5. The first kappa shape index (κ1) is 16.0.